The van der Waals surface area contributed by atoms with Crippen molar-refractivity contribution in [1.29, 1.82) is 0 Å². The maximum absolute atomic E-state index is 12.2. The van der Waals surface area contributed by atoms with Crippen LogP contribution >= 0.6 is 11.8 Å². The summed E-state index contributed by atoms with van der Waals surface area (Å²) in [6.07, 6.45) is 8.01. The molecule has 2 unspecified atom stereocenters. The van der Waals surface area contributed by atoms with E-state index in [1.54, 1.807) is 0 Å². The SMILES string of the molecule is CSC1CCC(NC(=O)Cc2c[nH]c3ccccc23)C1. The number of para-hydroxylation sites is 1. The Morgan fingerprint density at radius 3 is 3.05 bits per heavy atom. The van der Waals surface area contributed by atoms with Crippen LogP contribution in [0.1, 0.15) is 24.8 Å². The summed E-state index contributed by atoms with van der Waals surface area (Å²) in [6, 6.07) is 8.48. The molecule has 0 spiro atoms. The zero-order chi connectivity index (χ0) is 13.9. The van der Waals surface area contributed by atoms with Gasteiger partial charge in [0.2, 0.25) is 5.91 Å². The molecule has 2 aromatic rings. The Labute approximate surface area is 123 Å². The van der Waals surface area contributed by atoms with E-state index in [0.29, 0.717) is 17.7 Å². The maximum atomic E-state index is 12.2. The minimum atomic E-state index is 0.140. The van der Waals surface area contributed by atoms with Crippen LogP contribution in [-0.4, -0.2) is 28.4 Å². The van der Waals surface area contributed by atoms with E-state index >= 15 is 0 Å². The normalized spacial score (nSPS) is 22.2. The van der Waals surface area contributed by atoms with Crippen molar-refractivity contribution in [3.63, 3.8) is 0 Å². The summed E-state index contributed by atoms with van der Waals surface area (Å²) in [5, 5.41) is 5.05. The largest absolute Gasteiger partial charge is 0.361 e. The molecule has 2 N–H and O–H groups in total. The summed E-state index contributed by atoms with van der Waals surface area (Å²) in [7, 11) is 0. The molecule has 1 aliphatic rings. The van der Waals surface area contributed by atoms with E-state index in [9.17, 15) is 4.79 Å². The van der Waals surface area contributed by atoms with Crippen molar-refractivity contribution in [1.82, 2.24) is 10.3 Å². The Balaban J connectivity index is 1.62. The number of carbonyl (C=O) groups excluding carboxylic acids is 1. The average molecular weight is 288 g/mol. The van der Waals surface area contributed by atoms with Crippen molar-refractivity contribution in [2.45, 2.75) is 37.0 Å². The quantitative estimate of drug-likeness (QED) is 0.908. The summed E-state index contributed by atoms with van der Waals surface area (Å²) in [6.45, 7) is 0. The van der Waals surface area contributed by atoms with Crippen LogP contribution in [0, 0.1) is 0 Å². The fourth-order valence-electron chi connectivity index (χ4n) is 3.01. The summed E-state index contributed by atoms with van der Waals surface area (Å²) >= 11 is 1.91. The number of thioether (sulfide) groups is 1. The number of aromatic nitrogens is 1. The molecule has 1 aliphatic carbocycles. The standard InChI is InChI=1S/C16H20N2OS/c1-20-13-7-6-12(9-13)18-16(19)8-11-10-17-15-5-3-2-4-14(11)15/h2-5,10,12-13,17H,6-9H2,1H3,(H,18,19). The van der Waals surface area contributed by atoms with Crippen molar-refractivity contribution in [3.05, 3.63) is 36.0 Å². The summed E-state index contributed by atoms with van der Waals surface area (Å²) in [5.74, 6) is 0.140. The predicted molar refractivity (Wildman–Crippen MR) is 85.1 cm³/mol. The average Bonchev–Trinajstić information content (AvgIpc) is 3.06. The molecular formula is C16H20N2OS. The number of benzene rings is 1. The molecule has 1 aromatic heterocycles. The molecule has 2 atom stereocenters. The number of amides is 1. The van der Waals surface area contributed by atoms with Gasteiger partial charge < -0.3 is 10.3 Å². The van der Waals surface area contributed by atoms with Gasteiger partial charge in [-0.15, -0.1) is 0 Å². The van der Waals surface area contributed by atoms with E-state index in [0.717, 1.165) is 29.3 Å². The van der Waals surface area contributed by atoms with Crippen LogP contribution in [0.3, 0.4) is 0 Å². The van der Waals surface area contributed by atoms with Crippen LogP contribution in [0.5, 0.6) is 0 Å². The van der Waals surface area contributed by atoms with Gasteiger partial charge in [-0.2, -0.15) is 11.8 Å². The lowest BCUT2D eigenvalue weighted by atomic mass is 10.1. The van der Waals surface area contributed by atoms with E-state index in [2.05, 4.69) is 22.6 Å². The monoisotopic (exact) mass is 288 g/mol. The highest BCUT2D eigenvalue weighted by molar-refractivity contribution is 7.99. The van der Waals surface area contributed by atoms with Gasteiger partial charge in [-0.3, -0.25) is 4.79 Å². The van der Waals surface area contributed by atoms with Crippen molar-refractivity contribution < 1.29 is 4.79 Å². The molecule has 1 amide bonds. The Kier molecular flexibility index (Phi) is 4.01. The minimum Gasteiger partial charge on any atom is -0.361 e. The number of nitrogens with one attached hydrogen (secondary N) is 2. The molecule has 4 heteroatoms. The van der Waals surface area contributed by atoms with Crippen LogP contribution < -0.4 is 5.32 Å². The van der Waals surface area contributed by atoms with E-state index in [1.165, 1.54) is 6.42 Å². The molecule has 1 aromatic carbocycles. The fourth-order valence-corrected chi connectivity index (χ4v) is 3.81. The third-order valence-corrected chi connectivity index (χ3v) is 5.20. The Morgan fingerprint density at radius 2 is 2.25 bits per heavy atom. The Bertz CT molecular complexity index is 607. The molecule has 0 radical (unpaired) electrons. The van der Waals surface area contributed by atoms with Crippen molar-refractivity contribution in [2.75, 3.05) is 6.26 Å². The van der Waals surface area contributed by atoms with Crippen molar-refractivity contribution in [2.24, 2.45) is 0 Å². The summed E-state index contributed by atoms with van der Waals surface area (Å²) < 4.78 is 0. The van der Waals surface area contributed by atoms with Crippen LogP contribution in [0.15, 0.2) is 30.5 Å². The number of hydrogen-bond donors (Lipinski definition) is 2. The maximum Gasteiger partial charge on any atom is 0.224 e. The number of rotatable bonds is 4. The fraction of sp³-hybridized carbons (Fsp3) is 0.438. The lowest BCUT2D eigenvalue weighted by molar-refractivity contribution is -0.121. The van der Waals surface area contributed by atoms with Gasteiger partial charge in [0.05, 0.1) is 6.42 Å². The van der Waals surface area contributed by atoms with Crippen molar-refractivity contribution in [3.8, 4) is 0 Å². The summed E-state index contributed by atoms with van der Waals surface area (Å²) in [5.41, 5.74) is 2.18. The number of H-pyrrole nitrogens is 1. The first-order valence-electron chi connectivity index (χ1n) is 7.13. The third kappa shape index (κ3) is 2.85. The number of carbonyl (C=O) groups is 1. The number of hydrogen-bond acceptors (Lipinski definition) is 2. The first-order valence-corrected chi connectivity index (χ1v) is 8.42. The van der Waals surface area contributed by atoms with Gasteiger partial charge in [-0.25, -0.2) is 0 Å². The molecule has 106 valence electrons. The van der Waals surface area contributed by atoms with E-state index in [-0.39, 0.29) is 5.91 Å². The van der Waals surface area contributed by atoms with Crippen LogP contribution in [0.25, 0.3) is 10.9 Å². The second-order valence-electron chi connectivity index (χ2n) is 5.47. The molecule has 1 saturated carbocycles. The summed E-state index contributed by atoms with van der Waals surface area (Å²) in [4.78, 5) is 15.4. The molecule has 0 saturated heterocycles. The molecule has 3 nitrogen and oxygen atoms in total. The van der Waals surface area contributed by atoms with Gasteiger partial charge in [0, 0.05) is 28.4 Å². The molecule has 3 rings (SSSR count). The predicted octanol–water partition coefficient (Wildman–Crippen LogP) is 3.11. The van der Waals surface area contributed by atoms with E-state index in [4.69, 9.17) is 0 Å². The molecule has 0 bridgehead atoms. The third-order valence-electron chi connectivity index (χ3n) is 4.11. The van der Waals surface area contributed by atoms with Gasteiger partial charge in [0.25, 0.3) is 0 Å². The first-order chi connectivity index (χ1) is 9.76. The molecule has 20 heavy (non-hydrogen) atoms. The zero-order valence-electron chi connectivity index (χ0n) is 11.7. The van der Waals surface area contributed by atoms with Crippen LogP contribution in [0.4, 0.5) is 0 Å². The molecule has 0 aliphatic heterocycles. The second kappa shape index (κ2) is 5.92. The topological polar surface area (TPSA) is 44.9 Å². The molecule has 1 fully saturated rings. The first kappa shape index (κ1) is 13.6. The smallest absolute Gasteiger partial charge is 0.224 e. The highest BCUT2D eigenvalue weighted by atomic mass is 32.2. The highest BCUT2D eigenvalue weighted by Gasteiger charge is 2.25. The van der Waals surface area contributed by atoms with Crippen LogP contribution in [-0.2, 0) is 11.2 Å². The van der Waals surface area contributed by atoms with Gasteiger partial charge in [-0.05, 0) is 37.1 Å². The van der Waals surface area contributed by atoms with Gasteiger partial charge >= 0.3 is 0 Å². The van der Waals surface area contributed by atoms with Gasteiger partial charge in [0.15, 0.2) is 0 Å². The Hall–Kier alpha value is -1.42. The lowest BCUT2D eigenvalue weighted by Crippen LogP contribution is -2.34. The number of aromatic amines is 1. The van der Waals surface area contributed by atoms with E-state index in [1.807, 2.05) is 36.2 Å². The van der Waals surface area contributed by atoms with Gasteiger partial charge in [0.1, 0.15) is 0 Å². The minimum absolute atomic E-state index is 0.140. The zero-order valence-corrected chi connectivity index (χ0v) is 12.5. The van der Waals surface area contributed by atoms with E-state index < -0.39 is 0 Å². The van der Waals surface area contributed by atoms with Gasteiger partial charge in [-0.1, -0.05) is 18.2 Å². The molecule has 1 heterocycles. The van der Waals surface area contributed by atoms with Crippen LogP contribution in [0.2, 0.25) is 0 Å². The number of fused-ring (bicyclic) bond motifs is 1. The second-order valence-corrected chi connectivity index (χ2v) is 6.61. The molecular weight excluding hydrogens is 268 g/mol. The highest BCUT2D eigenvalue weighted by Crippen LogP contribution is 2.28. The Morgan fingerprint density at radius 1 is 1.40 bits per heavy atom. The van der Waals surface area contributed by atoms with Crippen molar-refractivity contribution >= 4 is 28.6 Å². The lowest BCUT2D eigenvalue weighted by Gasteiger charge is -2.12.